The average Bonchev–Trinajstić information content (AvgIpc) is 3.18. The molecule has 0 spiro atoms. The fourth-order valence-corrected chi connectivity index (χ4v) is 4.04. The van der Waals surface area contributed by atoms with Crippen LogP contribution in [0.25, 0.3) is 10.9 Å². The first-order chi connectivity index (χ1) is 15.0. The third kappa shape index (κ3) is 3.11. The molecular formula is C23H21N3O5. The van der Waals surface area contributed by atoms with Gasteiger partial charge in [-0.25, -0.2) is 4.79 Å². The number of hydrogen-bond acceptors (Lipinski definition) is 5. The van der Waals surface area contributed by atoms with E-state index in [1.54, 1.807) is 31.3 Å². The number of imide groups is 1. The van der Waals surface area contributed by atoms with E-state index in [0.29, 0.717) is 35.8 Å². The van der Waals surface area contributed by atoms with Gasteiger partial charge in [-0.05, 0) is 30.7 Å². The molecule has 0 radical (unpaired) electrons. The normalized spacial score (nSPS) is 20.6. The summed E-state index contributed by atoms with van der Waals surface area (Å²) in [5.74, 6) is 0.337. The largest absolute Gasteiger partial charge is 0.490 e. The number of nitrogens with zero attached hydrogens (tertiary/aromatic N) is 1. The Balaban J connectivity index is 1.41. The molecule has 8 nitrogen and oxygen atoms in total. The molecular weight excluding hydrogens is 398 g/mol. The Labute approximate surface area is 178 Å². The summed E-state index contributed by atoms with van der Waals surface area (Å²) in [5.41, 5.74) is 0.528. The highest BCUT2D eigenvalue weighted by Crippen LogP contribution is 2.36. The van der Waals surface area contributed by atoms with Crippen LogP contribution in [-0.4, -0.2) is 47.4 Å². The predicted octanol–water partition coefficient (Wildman–Crippen LogP) is 2.98. The Morgan fingerprint density at radius 1 is 1.10 bits per heavy atom. The molecule has 5 rings (SSSR count). The zero-order valence-electron chi connectivity index (χ0n) is 16.9. The van der Waals surface area contributed by atoms with E-state index in [0.717, 1.165) is 22.2 Å². The summed E-state index contributed by atoms with van der Waals surface area (Å²) in [6.45, 7) is 2.36. The molecule has 2 aliphatic heterocycles. The lowest BCUT2D eigenvalue weighted by atomic mass is 9.91. The summed E-state index contributed by atoms with van der Waals surface area (Å²) in [6, 6.07) is 12.0. The average molecular weight is 419 g/mol. The third-order valence-electron chi connectivity index (χ3n) is 5.79. The van der Waals surface area contributed by atoms with E-state index in [2.05, 4.69) is 10.3 Å². The smallest absolute Gasteiger partial charge is 0.325 e. The first-order valence-electron chi connectivity index (χ1n) is 10.1. The Morgan fingerprint density at radius 2 is 1.87 bits per heavy atom. The fourth-order valence-electron chi connectivity index (χ4n) is 4.04. The summed E-state index contributed by atoms with van der Waals surface area (Å²) < 4.78 is 11.4. The molecule has 0 aliphatic carbocycles. The maximum absolute atomic E-state index is 13.3. The minimum Gasteiger partial charge on any atom is -0.490 e. The van der Waals surface area contributed by atoms with Crippen molar-refractivity contribution < 1.29 is 23.9 Å². The first kappa shape index (κ1) is 19.2. The molecule has 1 saturated heterocycles. The molecule has 3 aromatic rings. The molecule has 1 unspecified atom stereocenters. The number of nitrogens with one attached hydrogen (secondary N) is 2. The zero-order chi connectivity index (χ0) is 21.6. The van der Waals surface area contributed by atoms with E-state index in [-0.39, 0.29) is 12.3 Å². The van der Waals surface area contributed by atoms with Gasteiger partial charge in [0.25, 0.3) is 5.91 Å². The van der Waals surface area contributed by atoms with E-state index in [1.165, 1.54) is 0 Å². The van der Waals surface area contributed by atoms with Gasteiger partial charge >= 0.3 is 6.03 Å². The Morgan fingerprint density at radius 3 is 2.71 bits per heavy atom. The van der Waals surface area contributed by atoms with Crippen molar-refractivity contribution in [3.63, 3.8) is 0 Å². The zero-order valence-corrected chi connectivity index (χ0v) is 16.9. The van der Waals surface area contributed by atoms with Crippen LogP contribution in [0.5, 0.6) is 11.5 Å². The number of aromatic amines is 1. The molecule has 2 aliphatic rings. The minimum absolute atomic E-state index is 0.316. The Kier molecular flexibility index (Phi) is 4.43. The van der Waals surface area contributed by atoms with Crippen molar-refractivity contribution in [1.29, 1.82) is 0 Å². The van der Waals surface area contributed by atoms with Crippen LogP contribution in [0.1, 0.15) is 29.3 Å². The number of carbonyl (C=O) groups excluding carboxylic acids is 3. The van der Waals surface area contributed by atoms with Gasteiger partial charge in [0.15, 0.2) is 17.3 Å². The molecule has 8 heteroatoms. The molecule has 2 aromatic carbocycles. The van der Waals surface area contributed by atoms with Crippen LogP contribution < -0.4 is 14.8 Å². The number of rotatable bonds is 4. The van der Waals surface area contributed by atoms with E-state index >= 15 is 0 Å². The van der Waals surface area contributed by atoms with Crippen molar-refractivity contribution in [3.05, 3.63) is 59.8 Å². The highest BCUT2D eigenvalue weighted by Gasteiger charge is 2.49. The molecule has 1 fully saturated rings. The molecule has 0 saturated carbocycles. The highest BCUT2D eigenvalue weighted by molar-refractivity contribution is 6.14. The van der Waals surface area contributed by atoms with Crippen LogP contribution in [0.3, 0.4) is 0 Å². The number of urea groups is 1. The molecule has 3 amide bonds. The molecule has 1 aromatic heterocycles. The molecule has 1 atom stereocenters. The maximum Gasteiger partial charge on any atom is 0.325 e. The van der Waals surface area contributed by atoms with Gasteiger partial charge in [0.1, 0.15) is 5.54 Å². The van der Waals surface area contributed by atoms with Gasteiger partial charge in [0, 0.05) is 29.1 Å². The van der Waals surface area contributed by atoms with Crippen molar-refractivity contribution in [2.75, 3.05) is 19.8 Å². The number of amides is 3. The van der Waals surface area contributed by atoms with Crippen molar-refractivity contribution in [2.24, 2.45) is 0 Å². The number of aromatic nitrogens is 1. The van der Waals surface area contributed by atoms with Crippen LogP contribution in [0.15, 0.2) is 48.7 Å². The van der Waals surface area contributed by atoms with E-state index < -0.39 is 17.5 Å². The minimum atomic E-state index is -1.30. The Hall–Kier alpha value is -3.81. The van der Waals surface area contributed by atoms with Crippen molar-refractivity contribution >= 4 is 28.6 Å². The monoisotopic (exact) mass is 419 g/mol. The number of H-pyrrole nitrogens is 1. The lowest BCUT2D eigenvalue weighted by molar-refractivity contribution is -0.130. The lowest BCUT2D eigenvalue weighted by Crippen LogP contribution is -2.41. The van der Waals surface area contributed by atoms with Crippen molar-refractivity contribution in [2.45, 2.75) is 18.9 Å². The van der Waals surface area contributed by atoms with Gasteiger partial charge in [0.2, 0.25) is 0 Å². The standard InChI is InChI=1S/C23H21N3O5/c1-23(14-7-8-19-20(11-14)31-10-4-9-30-19)21(28)26(22(29)25-23)13-18(27)16-12-24-17-6-3-2-5-15(16)17/h2-3,5-8,11-12,24H,4,9-10,13H2,1H3,(H,25,29). The second-order valence-corrected chi connectivity index (χ2v) is 7.83. The quantitative estimate of drug-likeness (QED) is 0.500. The van der Waals surface area contributed by atoms with Crippen molar-refractivity contribution in [1.82, 2.24) is 15.2 Å². The SMILES string of the molecule is CC1(c2ccc3c(c2)OCCCO3)NC(=O)N(CC(=O)c2c[nH]c3ccccc23)C1=O. The maximum atomic E-state index is 13.3. The number of hydrogen-bond donors (Lipinski definition) is 2. The number of ether oxygens (including phenoxy) is 2. The molecule has 0 bridgehead atoms. The summed E-state index contributed by atoms with van der Waals surface area (Å²) in [7, 11) is 0. The van der Waals surface area contributed by atoms with Gasteiger partial charge in [-0.15, -0.1) is 0 Å². The number of fused-ring (bicyclic) bond motifs is 2. The van der Waals surface area contributed by atoms with Crippen LogP contribution in [0, 0.1) is 0 Å². The summed E-state index contributed by atoms with van der Waals surface area (Å²) >= 11 is 0. The van der Waals surface area contributed by atoms with E-state index in [4.69, 9.17) is 9.47 Å². The topological polar surface area (TPSA) is 101 Å². The second-order valence-electron chi connectivity index (χ2n) is 7.83. The first-order valence-corrected chi connectivity index (χ1v) is 10.1. The lowest BCUT2D eigenvalue weighted by Gasteiger charge is -2.23. The van der Waals surface area contributed by atoms with Gasteiger partial charge in [-0.2, -0.15) is 0 Å². The Bertz CT molecular complexity index is 1220. The number of ketones is 1. The van der Waals surface area contributed by atoms with Gasteiger partial charge < -0.3 is 19.8 Å². The van der Waals surface area contributed by atoms with Crippen molar-refractivity contribution in [3.8, 4) is 11.5 Å². The summed E-state index contributed by atoms with van der Waals surface area (Å²) in [5, 5.41) is 3.49. The number of Topliss-reactive ketones (excluding diaryl/α,β-unsaturated/α-hetero) is 1. The molecule has 31 heavy (non-hydrogen) atoms. The molecule has 3 heterocycles. The van der Waals surface area contributed by atoms with Gasteiger partial charge in [-0.1, -0.05) is 24.3 Å². The van der Waals surface area contributed by atoms with Crippen LogP contribution in [-0.2, 0) is 10.3 Å². The van der Waals surface area contributed by atoms with Gasteiger partial charge in [-0.3, -0.25) is 14.5 Å². The van der Waals surface area contributed by atoms with Crippen LogP contribution in [0.4, 0.5) is 4.79 Å². The van der Waals surface area contributed by atoms with E-state index in [1.807, 2.05) is 24.3 Å². The van der Waals surface area contributed by atoms with Crippen LogP contribution >= 0.6 is 0 Å². The summed E-state index contributed by atoms with van der Waals surface area (Å²) in [4.78, 5) is 42.8. The third-order valence-corrected chi connectivity index (χ3v) is 5.79. The predicted molar refractivity (Wildman–Crippen MR) is 112 cm³/mol. The highest BCUT2D eigenvalue weighted by atomic mass is 16.5. The number of benzene rings is 2. The fraction of sp³-hybridized carbons (Fsp3) is 0.261. The number of carbonyl (C=O) groups is 3. The molecule has 158 valence electrons. The summed E-state index contributed by atoms with van der Waals surface area (Å²) in [6.07, 6.45) is 2.37. The van der Waals surface area contributed by atoms with E-state index in [9.17, 15) is 14.4 Å². The number of para-hydroxylation sites is 1. The van der Waals surface area contributed by atoms with Crippen LogP contribution in [0.2, 0.25) is 0 Å². The van der Waals surface area contributed by atoms with Gasteiger partial charge in [0.05, 0.1) is 19.8 Å². The second kappa shape index (κ2) is 7.16. The molecule has 2 N–H and O–H groups in total.